The molecule has 1 amide bonds. The SMILES string of the molecule is C[C@@H]1CCCC[C@@H]1NC(=S)NNC(=O)COc1ccccc1F. The van der Waals surface area contributed by atoms with Crippen molar-refractivity contribution in [2.24, 2.45) is 5.92 Å². The van der Waals surface area contributed by atoms with Gasteiger partial charge in [0, 0.05) is 6.04 Å². The van der Waals surface area contributed by atoms with Gasteiger partial charge in [0.15, 0.2) is 23.3 Å². The van der Waals surface area contributed by atoms with Gasteiger partial charge < -0.3 is 10.1 Å². The standard InChI is InChI=1S/C16H22FN3O2S/c1-11-6-2-4-8-13(11)18-16(23)20-19-15(21)10-22-14-9-5-3-7-12(14)17/h3,5,7,9,11,13H,2,4,6,8,10H2,1H3,(H,19,21)(H2,18,20,23)/t11-,13+/m1/s1. The second-order valence-electron chi connectivity index (χ2n) is 5.73. The molecule has 5 nitrogen and oxygen atoms in total. The highest BCUT2D eigenvalue weighted by Crippen LogP contribution is 2.23. The highest BCUT2D eigenvalue weighted by Gasteiger charge is 2.21. The third kappa shape index (κ3) is 5.67. The van der Waals surface area contributed by atoms with E-state index in [0.717, 1.165) is 6.42 Å². The monoisotopic (exact) mass is 339 g/mol. The highest BCUT2D eigenvalue weighted by atomic mass is 32.1. The van der Waals surface area contributed by atoms with Crippen molar-refractivity contribution in [1.29, 1.82) is 0 Å². The summed E-state index contributed by atoms with van der Waals surface area (Å²) in [6.07, 6.45) is 4.70. The van der Waals surface area contributed by atoms with E-state index in [1.165, 1.54) is 31.4 Å². The minimum Gasteiger partial charge on any atom is -0.481 e. The van der Waals surface area contributed by atoms with Crippen molar-refractivity contribution < 1.29 is 13.9 Å². The molecule has 1 aromatic carbocycles. The fourth-order valence-corrected chi connectivity index (χ4v) is 2.81. The Morgan fingerprint density at radius 1 is 1.30 bits per heavy atom. The van der Waals surface area contributed by atoms with Crippen LogP contribution in [-0.2, 0) is 4.79 Å². The van der Waals surface area contributed by atoms with E-state index in [-0.39, 0.29) is 12.4 Å². The summed E-state index contributed by atoms with van der Waals surface area (Å²) in [5, 5.41) is 3.59. The number of nitrogens with one attached hydrogen (secondary N) is 3. The normalized spacial score (nSPS) is 20.4. The largest absolute Gasteiger partial charge is 0.481 e. The second kappa shape index (κ2) is 8.67. The van der Waals surface area contributed by atoms with Crippen molar-refractivity contribution in [2.45, 2.75) is 38.6 Å². The molecule has 1 saturated carbocycles. The van der Waals surface area contributed by atoms with E-state index < -0.39 is 11.7 Å². The van der Waals surface area contributed by atoms with Crippen molar-refractivity contribution in [3.8, 4) is 5.75 Å². The lowest BCUT2D eigenvalue weighted by molar-refractivity contribution is -0.123. The fourth-order valence-electron chi connectivity index (χ4n) is 2.60. The molecule has 0 heterocycles. The number of rotatable bonds is 4. The zero-order valence-corrected chi connectivity index (χ0v) is 13.9. The molecule has 2 rings (SSSR count). The Morgan fingerprint density at radius 3 is 2.78 bits per heavy atom. The lowest BCUT2D eigenvalue weighted by Crippen LogP contribution is -2.52. The van der Waals surface area contributed by atoms with Crippen LogP contribution in [0.25, 0.3) is 0 Å². The topological polar surface area (TPSA) is 62.4 Å². The number of halogens is 1. The molecule has 0 aliphatic heterocycles. The van der Waals surface area contributed by atoms with E-state index in [4.69, 9.17) is 17.0 Å². The van der Waals surface area contributed by atoms with Crippen molar-refractivity contribution in [3.63, 3.8) is 0 Å². The molecule has 0 radical (unpaired) electrons. The van der Waals surface area contributed by atoms with Crippen molar-refractivity contribution >= 4 is 23.2 Å². The molecule has 0 bridgehead atoms. The van der Waals surface area contributed by atoms with Gasteiger partial charge >= 0.3 is 0 Å². The molecule has 0 aromatic heterocycles. The minimum absolute atomic E-state index is 0.0411. The van der Waals surface area contributed by atoms with Crippen LogP contribution < -0.4 is 20.9 Å². The molecule has 0 spiro atoms. The van der Waals surface area contributed by atoms with E-state index in [9.17, 15) is 9.18 Å². The summed E-state index contributed by atoms with van der Waals surface area (Å²) in [5.41, 5.74) is 5.08. The number of para-hydroxylation sites is 1. The van der Waals surface area contributed by atoms with Crippen LogP contribution >= 0.6 is 12.2 Å². The summed E-state index contributed by atoms with van der Waals surface area (Å²) in [6, 6.07) is 6.26. The van der Waals surface area contributed by atoms with Crippen LogP contribution in [0.1, 0.15) is 32.6 Å². The first-order chi connectivity index (χ1) is 11.1. The number of hydrazine groups is 1. The Kier molecular flexibility index (Phi) is 6.58. The van der Waals surface area contributed by atoms with E-state index in [1.807, 2.05) is 0 Å². The lowest BCUT2D eigenvalue weighted by atomic mass is 9.86. The van der Waals surface area contributed by atoms with Gasteiger partial charge in [-0.15, -0.1) is 0 Å². The number of hydrogen-bond acceptors (Lipinski definition) is 3. The van der Waals surface area contributed by atoms with Crippen LogP contribution in [0.15, 0.2) is 24.3 Å². The number of benzene rings is 1. The van der Waals surface area contributed by atoms with E-state index in [0.29, 0.717) is 17.1 Å². The lowest BCUT2D eigenvalue weighted by Gasteiger charge is -2.30. The summed E-state index contributed by atoms with van der Waals surface area (Å²) < 4.78 is 18.5. The van der Waals surface area contributed by atoms with Crippen LogP contribution in [-0.4, -0.2) is 23.7 Å². The predicted octanol–water partition coefficient (Wildman–Crippen LogP) is 2.28. The predicted molar refractivity (Wildman–Crippen MR) is 90.3 cm³/mol. The van der Waals surface area contributed by atoms with Gasteiger partial charge in [-0.2, -0.15) is 0 Å². The van der Waals surface area contributed by atoms with Crippen LogP contribution in [0, 0.1) is 11.7 Å². The number of hydrogen-bond donors (Lipinski definition) is 3. The van der Waals surface area contributed by atoms with Crippen LogP contribution in [0.3, 0.4) is 0 Å². The van der Waals surface area contributed by atoms with Crippen LogP contribution in [0.5, 0.6) is 5.75 Å². The third-order valence-electron chi connectivity index (χ3n) is 3.94. The molecule has 1 aliphatic carbocycles. The van der Waals surface area contributed by atoms with Gasteiger partial charge in [0.1, 0.15) is 0 Å². The van der Waals surface area contributed by atoms with E-state index >= 15 is 0 Å². The average molecular weight is 339 g/mol. The Balaban J connectivity index is 1.67. The number of carbonyl (C=O) groups is 1. The molecular formula is C16H22FN3O2S. The Morgan fingerprint density at radius 2 is 2.04 bits per heavy atom. The van der Waals surface area contributed by atoms with E-state index in [2.05, 4.69) is 23.1 Å². The van der Waals surface area contributed by atoms with E-state index in [1.54, 1.807) is 12.1 Å². The first kappa shape index (κ1) is 17.5. The van der Waals surface area contributed by atoms with Gasteiger partial charge in [0.25, 0.3) is 5.91 Å². The molecule has 126 valence electrons. The number of amides is 1. The summed E-state index contributed by atoms with van der Waals surface area (Å²) in [6.45, 7) is 1.90. The summed E-state index contributed by atoms with van der Waals surface area (Å²) in [4.78, 5) is 11.7. The first-order valence-electron chi connectivity index (χ1n) is 7.79. The Labute approximate surface area is 140 Å². The number of thiocarbonyl (C=S) groups is 1. The molecule has 7 heteroatoms. The summed E-state index contributed by atoms with van der Waals surface area (Å²) in [7, 11) is 0. The van der Waals surface area contributed by atoms with Crippen molar-refractivity contribution in [3.05, 3.63) is 30.1 Å². The zero-order valence-electron chi connectivity index (χ0n) is 13.1. The molecule has 3 N–H and O–H groups in total. The first-order valence-corrected chi connectivity index (χ1v) is 8.20. The summed E-state index contributed by atoms with van der Waals surface area (Å²) >= 11 is 5.17. The maximum Gasteiger partial charge on any atom is 0.276 e. The number of carbonyl (C=O) groups excluding carboxylic acids is 1. The molecule has 0 unspecified atom stereocenters. The molecule has 1 aliphatic rings. The zero-order chi connectivity index (χ0) is 16.7. The molecule has 1 fully saturated rings. The van der Waals surface area contributed by atoms with Crippen LogP contribution in [0.2, 0.25) is 0 Å². The van der Waals surface area contributed by atoms with Gasteiger partial charge in [-0.3, -0.25) is 15.6 Å². The number of ether oxygens (including phenoxy) is 1. The smallest absolute Gasteiger partial charge is 0.276 e. The second-order valence-corrected chi connectivity index (χ2v) is 6.14. The molecule has 0 saturated heterocycles. The maximum absolute atomic E-state index is 13.3. The Hall–Kier alpha value is -1.89. The summed E-state index contributed by atoms with van der Waals surface area (Å²) in [5.74, 6) is -0.339. The molecular weight excluding hydrogens is 317 g/mol. The fraction of sp³-hybridized carbons (Fsp3) is 0.500. The third-order valence-corrected chi connectivity index (χ3v) is 4.16. The van der Waals surface area contributed by atoms with Crippen molar-refractivity contribution in [2.75, 3.05) is 6.61 Å². The van der Waals surface area contributed by atoms with Crippen molar-refractivity contribution in [1.82, 2.24) is 16.2 Å². The maximum atomic E-state index is 13.3. The minimum atomic E-state index is -0.503. The van der Waals surface area contributed by atoms with Gasteiger partial charge in [0.05, 0.1) is 0 Å². The molecule has 2 atom stereocenters. The van der Waals surface area contributed by atoms with Gasteiger partial charge in [-0.1, -0.05) is 31.9 Å². The average Bonchev–Trinajstić information content (AvgIpc) is 2.54. The quantitative estimate of drug-likeness (QED) is 0.580. The molecule has 23 heavy (non-hydrogen) atoms. The van der Waals surface area contributed by atoms with Gasteiger partial charge in [0.2, 0.25) is 0 Å². The Bertz CT molecular complexity index is 556. The van der Waals surface area contributed by atoms with Crippen LogP contribution in [0.4, 0.5) is 4.39 Å². The van der Waals surface area contributed by atoms with Gasteiger partial charge in [-0.25, -0.2) is 4.39 Å². The van der Waals surface area contributed by atoms with Gasteiger partial charge in [-0.05, 0) is 43.1 Å². The highest BCUT2D eigenvalue weighted by molar-refractivity contribution is 7.80. The molecule has 1 aromatic rings.